The average molecular weight is 1220 g/mol. The van der Waals surface area contributed by atoms with Crippen molar-refractivity contribution in [1.82, 2.24) is 24.5 Å². The largest absolute Gasteiger partial charge is 0.513 e. The molecule has 81 heavy (non-hydrogen) atoms. The smallest absolute Gasteiger partial charge is 0.463 e. The number of amides is 2. The molecule has 25 nitrogen and oxygen atoms in total. The fourth-order valence-electron chi connectivity index (χ4n) is 11.1. The molecule has 0 radical (unpaired) electrons. The molecule has 1 unspecified atom stereocenters. The molecule has 9 aliphatic heterocycles. The van der Waals surface area contributed by atoms with Crippen LogP contribution >= 0.6 is 46.4 Å². The second kappa shape index (κ2) is 30.2. The molecule has 29 heteroatoms. The Bertz CT molecular complexity index is 2400. The van der Waals surface area contributed by atoms with E-state index < -0.39 is 57.4 Å². The summed E-state index contributed by atoms with van der Waals surface area (Å²) >= 11 is 23.0. The standard InChI is InChI=1S/C24H23N3O10.C19H29Cl4N3O5.C9H15NO3/c28-21(13-16-1-3-18(4-2-16)26(31)32)35-14-24(22(29)17-9-11-25(24)12-10-17)15-36-23(30)37-20-7-5-19(6-8-20)27(33)34;20-3-9-24(10-4-21)17(28)30-13-19(16(27)15-1-7-26(19)8-2-15)14-31-18(29)25(11-5-22)12-6-23;11-5-9(6-12)8(13)7-1-3-10(9)4-2-7/h1-8,17H,9-15H2;15H,1-14H2;7,11-12H,1-6H2. The first kappa shape index (κ1) is 64.7. The van der Waals surface area contributed by atoms with Crippen LogP contribution in [0.15, 0.2) is 48.5 Å². The first-order valence-electron chi connectivity index (χ1n) is 26.5. The molecule has 11 rings (SSSR count). The van der Waals surface area contributed by atoms with Crippen LogP contribution in [-0.4, -0.2) is 231 Å². The lowest BCUT2D eigenvalue weighted by Gasteiger charge is -2.51. The molecular formula is C52H67Cl4N7O18. The number of non-ortho nitro benzene ring substituents is 2. The number of aliphatic hydroxyl groups excluding tert-OH is 2. The zero-order chi connectivity index (χ0) is 58.9. The summed E-state index contributed by atoms with van der Waals surface area (Å²) in [5.41, 5.74) is -3.29. The number of Topliss-reactive ketones (excluding diaryl/α,β-unsaturated/α-hetero) is 3. The third-order valence-electron chi connectivity index (χ3n) is 15.8. The number of carbonyl (C=O) groups excluding carboxylic acids is 7. The summed E-state index contributed by atoms with van der Waals surface area (Å²) in [5, 5.41) is 40.0. The predicted octanol–water partition coefficient (Wildman–Crippen LogP) is 4.69. The normalized spacial score (nSPS) is 24.3. The number of alkyl halides is 4. The molecular weight excluding hydrogens is 1150 g/mol. The quantitative estimate of drug-likeness (QED) is 0.0380. The number of halogens is 4. The molecule has 0 saturated carbocycles. The predicted molar refractivity (Wildman–Crippen MR) is 292 cm³/mol. The van der Waals surface area contributed by atoms with Gasteiger partial charge in [0.15, 0.2) is 17.3 Å². The van der Waals surface area contributed by atoms with Crippen molar-refractivity contribution in [3.05, 3.63) is 74.3 Å². The third-order valence-corrected chi connectivity index (χ3v) is 16.4. The number of nitro groups is 2. The molecule has 2 N–H and O–H groups in total. The maximum atomic E-state index is 13.3. The molecule has 9 heterocycles. The number of piperidine rings is 9. The number of nitro benzene ring substituents is 2. The molecule has 1 atom stereocenters. The number of fused-ring (bicyclic) bond motifs is 9. The van der Waals surface area contributed by atoms with Gasteiger partial charge in [0.25, 0.3) is 11.4 Å². The lowest BCUT2D eigenvalue weighted by atomic mass is 9.74. The van der Waals surface area contributed by atoms with Crippen LogP contribution in [0.5, 0.6) is 5.75 Å². The van der Waals surface area contributed by atoms with Crippen LogP contribution in [0.2, 0.25) is 0 Å². The minimum atomic E-state index is -1.36. The fourth-order valence-corrected chi connectivity index (χ4v) is 11.9. The SMILES string of the molecule is O=C(Cc1ccc([N+](=O)[O-])cc1)OCC1(COC(=O)Oc2ccc([N+](=O)[O-])cc2)C(=O)C2CCN1CC2.O=C(OCC1(COC(=O)N(CCCl)CCCl)C(=O)C2CCN1CC2)N(CCCl)CCCl.O=C1C2CCN(CC2)C1(CO)CO. The third kappa shape index (κ3) is 15.6. The number of esters is 1. The highest BCUT2D eigenvalue weighted by atomic mass is 35.5. The Labute approximate surface area is 487 Å². The van der Waals surface area contributed by atoms with E-state index in [0.717, 1.165) is 38.8 Å². The molecule has 0 aromatic heterocycles. The van der Waals surface area contributed by atoms with Crippen molar-refractivity contribution in [2.45, 2.75) is 61.6 Å². The van der Waals surface area contributed by atoms with Crippen molar-refractivity contribution in [2.75, 3.05) is 129 Å². The van der Waals surface area contributed by atoms with E-state index in [1.165, 1.54) is 58.3 Å². The van der Waals surface area contributed by atoms with Gasteiger partial charge in [-0.2, -0.15) is 0 Å². The number of aliphatic hydroxyl groups is 2. The zero-order valence-electron chi connectivity index (χ0n) is 44.5. The van der Waals surface area contributed by atoms with E-state index in [0.29, 0.717) is 44.6 Å². The van der Waals surface area contributed by atoms with Crippen LogP contribution in [0.4, 0.5) is 25.8 Å². The van der Waals surface area contributed by atoms with Gasteiger partial charge >= 0.3 is 24.3 Å². The van der Waals surface area contributed by atoms with Gasteiger partial charge in [0.05, 0.1) is 29.5 Å². The number of hydrogen-bond acceptors (Lipinski definition) is 21. The molecule has 446 valence electrons. The van der Waals surface area contributed by atoms with Crippen molar-refractivity contribution in [3.8, 4) is 5.75 Å². The van der Waals surface area contributed by atoms with Crippen LogP contribution in [-0.2, 0) is 44.5 Å². The zero-order valence-corrected chi connectivity index (χ0v) is 47.5. The van der Waals surface area contributed by atoms with E-state index in [1.54, 1.807) is 0 Å². The van der Waals surface area contributed by atoms with Gasteiger partial charge in [0.2, 0.25) is 0 Å². The monoisotopic (exact) mass is 1220 g/mol. The van der Waals surface area contributed by atoms with E-state index in [-0.39, 0.29) is 141 Å². The Balaban J connectivity index is 0.000000216. The summed E-state index contributed by atoms with van der Waals surface area (Å²) in [5.74, 6) is -0.189. The van der Waals surface area contributed by atoms with Gasteiger partial charge in [-0.15, -0.1) is 46.4 Å². The number of hydrogen-bond donors (Lipinski definition) is 2. The number of nitrogens with zero attached hydrogens (tertiary/aromatic N) is 7. The number of rotatable bonds is 23. The second-order valence-corrected chi connectivity index (χ2v) is 21.8. The van der Waals surface area contributed by atoms with Crippen molar-refractivity contribution in [2.24, 2.45) is 17.8 Å². The van der Waals surface area contributed by atoms with Gasteiger partial charge in [-0.1, -0.05) is 12.1 Å². The fraction of sp³-hybridized carbons (Fsp3) is 0.635. The van der Waals surface area contributed by atoms with Crippen LogP contribution in [0.1, 0.15) is 44.1 Å². The highest BCUT2D eigenvalue weighted by Gasteiger charge is 2.57. The summed E-state index contributed by atoms with van der Waals surface area (Å²) in [6.07, 6.45) is 2.11. The molecule has 9 saturated heterocycles. The molecule has 9 aliphatic rings. The van der Waals surface area contributed by atoms with Gasteiger partial charge in [-0.3, -0.25) is 54.1 Å². The van der Waals surface area contributed by atoms with E-state index in [2.05, 4.69) is 0 Å². The van der Waals surface area contributed by atoms with Gasteiger partial charge in [0.1, 0.15) is 48.8 Å². The van der Waals surface area contributed by atoms with E-state index >= 15 is 0 Å². The summed E-state index contributed by atoms with van der Waals surface area (Å²) in [4.78, 5) is 117. The van der Waals surface area contributed by atoms with E-state index in [4.69, 9.17) is 70.1 Å². The molecule has 0 aliphatic carbocycles. The summed E-state index contributed by atoms with van der Waals surface area (Å²) in [6, 6.07) is 10.3. The lowest BCUT2D eigenvalue weighted by molar-refractivity contribution is -0.385. The molecule has 2 aromatic carbocycles. The molecule has 6 bridgehead atoms. The van der Waals surface area contributed by atoms with E-state index in [9.17, 15) is 64.0 Å². The highest BCUT2D eigenvalue weighted by Crippen LogP contribution is 2.39. The van der Waals surface area contributed by atoms with Crippen molar-refractivity contribution < 1.29 is 77.3 Å². The Kier molecular flexibility index (Phi) is 24.1. The van der Waals surface area contributed by atoms with Crippen LogP contribution in [0.25, 0.3) is 0 Å². The Morgan fingerprint density at radius 1 is 0.531 bits per heavy atom. The Morgan fingerprint density at radius 3 is 1.19 bits per heavy atom. The van der Waals surface area contributed by atoms with Gasteiger partial charge in [-0.25, -0.2) is 14.4 Å². The minimum absolute atomic E-state index is 0.0240. The minimum Gasteiger partial charge on any atom is -0.463 e. The molecule has 2 aromatic rings. The number of ether oxygens (including phenoxy) is 5. The van der Waals surface area contributed by atoms with Crippen molar-refractivity contribution in [3.63, 3.8) is 0 Å². The maximum absolute atomic E-state index is 13.3. The Hall–Kier alpha value is -5.51. The van der Waals surface area contributed by atoms with Gasteiger partial charge in [-0.05, 0) is 69.3 Å². The van der Waals surface area contributed by atoms with Crippen LogP contribution in [0.3, 0.4) is 0 Å². The second-order valence-electron chi connectivity index (χ2n) is 20.3. The number of ketones is 3. The van der Waals surface area contributed by atoms with Crippen LogP contribution in [0, 0.1) is 38.0 Å². The summed E-state index contributed by atoms with van der Waals surface area (Å²) in [6.45, 7) is 3.60. The highest BCUT2D eigenvalue weighted by molar-refractivity contribution is 6.19. The molecule has 2 amide bonds. The van der Waals surface area contributed by atoms with Gasteiger partial charge in [0, 0.05) is 118 Å². The summed E-state index contributed by atoms with van der Waals surface area (Å²) < 4.78 is 26.8. The van der Waals surface area contributed by atoms with Gasteiger partial charge < -0.3 is 43.7 Å². The maximum Gasteiger partial charge on any atom is 0.513 e. The van der Waals surface area contributed by atoms with Crippen molar-refractivity contribution in [1.29, 1.82) is 0 Å². The average Bonchev–Trinajstić information content (AvgIpc) is 3.59. The topological polar surface area (TPSA) is 309 Å². The number of carbonyl (C=O) groups is 7. The van der Waals surface area contributed by atoms with Crippen molar-refractivity contribution >= 4 is 99.4 Å². The molecule has 9 fully saturated rings. The molecule has 0 spiro atoms. The van der Waals surface area contributed by atoms with Crippen LogP contribution < -0.4 is 4.74 Å². The first-order chi connectivity index (χ1) is 38.8. The lowest BCUT2D eigenvalue weighted by Crippen LogP contribution is -2.69. The first-order valence-corrected chi connectivity index (χ1v) is 28.6. The van der Waals surface area contributed by atoms with E-state index in [1.807, 2.05) is 14.7 Å². The Morgan fingerprint density at radius 2 is 0.864 bits per heavy atom. The number of benzene rings is 2. The summed E-state index contributed by atoms with van der Waals surface area (Å²) in [7, 11) is 0.